The van der Waals surface area contributed by atoms with Crippen LogP contribution in [0.25, 0.3) is 0 Å². The number of aliphatic hydroxyl groups excluding tert-OH is 1. The summed E-state index contributed by atoms with van der Waals surface area (Å²) in [4.78, 5) is 10.3. The van der Waals surface area contributed by atoms with Gasteiger partial charge in [0.25, 0.3) is 5.69 Å². The van der Waals surface area contributed by atoms with Crippen LogP contribution in [0.4, 0.5) is 11.4 Å². The fourth-order valence-corrected chi connectivity index (χ4v) is 2.43. The number of non-ortho nitro benzene ring substituents is 1. The van der Waals surface area contributed by atoms with E-state index in [0.717, 1.165) is 5.56 Å². The monoisotopic (exact) mass is 271 g/mol. The molecule has 0 aliphatic carbocycles. The first-order valence-electron chi connectivity index (χ1n) is 5.55. The Hall–Kier alpha value is -1.31. The van der Waals surface area contributed by atoms with Crippen molar-refractivity contribution < 1.29 is 10.0 Å². The number of aliphatic hydroxyl groups is 1. The summed E-state index contributed by atoms with van der Waals surface area (Å²) in [6, 6.07) is 4.54. The van der Waals surface area contributed by atoms with Crippen molar-refractivity contribution in [2.24, 2.45) is 5.84 Å². The van der Waals surface area contributed by atoms with Gasteiger partial charge in [-0.25, -0.2) is 0 Å². The minimum absolute atomic E-state index is 0.0550. The molecule has 0 saturated heterocycles. The second-order valence-corrected chi connectivity index (χ2v) is 5.30. The maximum Gasteiger partial charge on any atom is 0.269 e. The predicted octanol–water partition coefficient (Wildman–Crippen LogP) is 1.88. The number of nitrogen functional groups attached to an aromatic ring is 1. The zero-order chi connectivity index (χ0) is 13.5. The lowest BCUT2D eigenvalue weighted by Crippen LogP contribution is -2.09. The third-order valence-corrected chi connectivity index (χ3v) is 3.80. The summed E-state index contributed by atoms with van der Waals surface area (Å²) in [5.41, 5.74) is 4.06. The first-order chi connectivity index (χ1) is 8.58. The van der Waals surface area contributed by atoms with E-state index in [1.54, 1.807) is 17.8 Å². The van der Waals surface area contributed by atoms with Gasteiger partial charge in [-0.1, -0.05) is 6.92 Å². The molecular weight excluding hydrogens is 254 g/mol. The minimum atomic E-state index is -0.425. The first-order valence-corrected chi connectivity index (χ1v) is 6.59. The molecule has 0 spiro atoms. The predicted molar refractivity (Wildman–Crippen MR) is 73.4 cm³/mol. The third kappa shape index (κ3) is 4.17. The van der Waals surface area contributed by atoms with E-state index in [0.29, 0.717) is 23.1 Å². The zero-order valence-electron chi connectivity index (χ0n) is 10.1. The van der Waals surface area contributed by atoms with Gasteiger partial charge in [-0.15, -0.1) is 0 Å². The Labute approximate surface area is 110 Å². The third-order valence-electron chi connectivity index (χ3n) is 2.51. The van der Waals surface area contributed by atoms with Gasteiger partial charge in [-0.2, -0.15) is 11.8 Å². The van der Waals surface area contributed by atoms with E-state index in [1.165, 1.54) is 12.1 Å². The van der Waals surface area contributed by atoms with Crippen molar-refractivity contribution in [2.45, 2.75) is 24.3 Å². The largest absolute Gasteiger partial charge is 0.396 e. The average Bonchev–Trinajstić information content (AvgIpc) is 2.36. The highest BCUT2D eigenvalue weighted by Gasteiger charge is 2.11. The fourth-order valence-electron chi connectivity index (χ4n) is 1.45. The van der Waals surface area contributed by atoms with Crippen LogP contribution in [0.2, 0.25) is 0 Å². The Morgan fingerprint density at radius 1 is 1.61 bits per heavy atom. The highest BCUT2D eigenvalue weighted by molar-refractivity contribution is 7.99. The molecule has 0 saturated carbocycles. The number of nitro groups is 1. The molecule has 0 aliphatic rings. The molecular formula is C11H17N3O3S. The van der Waals surface area contributed by atoms with Gasteiger partial charge in [0.1, 0.15) is 0 Å². The summed E-state index contributed by atoms with van der Waals surface area (Å²) >= 11 is 1.63. The lowest BCUT2D eigenvalue weighted by atomic mass is 10.2. The highest BCUT2D eigenvalue weighted by atomic mass is 32.2. The number of thioether (sulfide) groups is 1. The fraction of sp³-hybridized carbons (Fsp3) is 0.455. The quantitative estimate of drug-likeness (QED) is 0.397. The number of hydrogen-bond donors (Lipinski definition) is 3. The van der Waals surface area contributed by atoms with Gasteiger partial charge in [-0.3, -0.25) is 16.0 Å². The zero-order valence-corrected chi connectivity index (χ0v) is 10.9. The molecule has 0 aromatic heterocycles. The van der Waals surface area contributed by atoms with Gasteiger partial charge >= 0.3 is 0 Å². The van der Waals surface area contributed by atoms with Crippen LogP contribution in [0.3, 0.4) is 0 Å². The molecule has 0 aliphatic heterocycles. The van der Waals surface area contributed by atoms with Crippen molar-refractivity contribution >= 4 is 23.1 Å². The van der Waals surface area contributed by atoms with Gasteiger partial charge in [0, 0.05) is 29.7 Å². The van der Waals surface area contributed by atoms with Crippen molar-refractivity contribution in [3.63, 3.8) is 0 Å². The Morgan fingerprint density at radius 3 is 2.89 bits per heavy atom. The molecule has 0 amide bonds. The van der Waals surface area contributed by atoms with E-state index in [1.807, 2.05) is 6.92 Å². The van der Waals surface area contributed by atoms with Crippen molar-refractivity contribution in [3.8, 4) is 0 Å². The number of anilines is 1. The number of nitrogens with two attached hydrogens (primary N) is 1. The number of rotatable bonds is 7. The Bertz CT molecular complexity index is 415. The lowest BCUT2D eigenvalue weighted by Gasteiger charge is -2.12. The van der Waals surface area contributed by atoms with Crippen LogP contribution in [0.5, 0.6) is 0 Å². The molecule has 7 heteroatoms. The molecule has 1 unspecified atom stereocenters. The van der Waals surface area contributed by atoms with E-state index >= 15 is 0 Å². The second kappa shape index (κ2) is 7.20. The minimum Gasteiger partial charge on any atom is -0.396 e. The van der Waals surface area contributed by atoms with Crippen molar-refractivity contribution in [1.82, 2.24) is 0 Å². The number of benzene rings is 1. The van der Waals surface area contributed by atoms with Crippen molar-refractivity contribution in [1.29, 1.82) is 0 Å². The van der Waals surface area contributed by atoms with Crippen LogP contribution < -0.4 is 11.3 Å². The highest BCUT2D eigenvalue weighted by Crippen LogP contribution is 2.27. The van der Waals surface area contributed by atoms with Crippen LogP contribution in [0, 0.1) is 10.1 Å². The first kappa shape index (κ1) is 14.7. The van der Waals surface area contributed by atoms with Crippen LogP contribution in [-0.4, -0.2) is 21.9 Å². The van der Waals surface area contributed by atoms with Gasteiger partial charge in [0.2, 0.25) is 0 Å². The maximum atomic E-state index is 10.7. The number of nitrogens with one attached hydrogen (secondary N) is 1. The maximum absolute atomic E-state index is 10.7. The topological polar surface area (TPSA) is 101 Å². The molecule has 0 radical (unpaired) electrons. The van der Waals surface area contributed by atoms with E-state index in [-0.39, 0.29) is 12.3 Å². The summed E-state index contributed by atoms with van der Waals surface area (Å²) < 4.78 is 0. The number of nitro benzene ring substituents is 1. The van der Waals surface area contributed by atoms with Gasteiger partial charge < -0.3 is 10.5 Å². The molecule has 0 heterocycles. The van der Waals surface area contributed by atoms with Crippen LogP contribution in [0.1, 0.15) is 18.9 Å². The van der Waals surface area contributed by atoms with E-state index in [4.69, 9.17) is 10.9 Å². The summed E-state index contributed by atoms with van der Waals surface area (Å²) in [6.07, 6.45) is 0.699. The van der Waals surface area contributed by atoms with Crippen molar-refractivity contribution in [2.75, 3.05) is 12.0 Å². The van der Waals surface area contributed by atoms with E-state index in [2.05, 4.69) is 5.43 Å². The number of hydrazine groups is 1. The standard InChI is InChI=1S/C11H17N3O3S/c1-8(4-5-15)18-7-9-6-10(14(16)17)2-3-11(9)13-12/h2-3,6,8,13,15H,4-5,7,12H2,1H3. The molecule has 18 heavy (non-hydrogen) atoms. The van der Waals surface area contributed by atoms with E-state index in [9.17, 15) is 10.1 Å². The smallest absolute Gasteiger partial charge is 0.269 e. The molecule has 1 rings (SSSR count). The number of hydrogen-bond acceptors (Lipinski definition) is 6. The van der Waals surface area contributed by atoms with Gasteiger partial charge in [0.05, 0.1) is 10.6 Å². The summed E-state index contributed by atoms with van der Waals surface area (Å²) in [7, 11) is 0. The lowest BCUT2D eigenvalue weighted by molar-refractivity contribution is -0.384. The van der Waals surface area contributed by atoms with Crippen molar-refractivity contribution in [3.05, 3.63) is 33.9 Å². The van der Waals surface area contributed by atoms with Gasteiger partial charge in [-0.05, 0) is 18.1 Å². The van der Waals surface area contributed by atoms with E-state index < -0.39 is 4.92 Å². The summed E-state index contributed by atoms with van der Waals surface area (Å²) in [6.45, 7) is 2.15. The van der Waals surface area contributed by atoms with Gasteiger partial charge in [0.15, 0.2) is 0 Å². The second-order valence-electron chi connectivity index (χ2n) is 3.88. The Balaban J connectivity index is 2.78. The van der Waals surface area contributed by atoms with Crippen LogP contribution >= 0.6 is 11.8 Å². The molecule has 6 nitrogen and oxygen atoms in total. The summed E-state index contributed by atoms with van der Waals surface area (Å²) in [5.74, 6) is 5.99. The van der Waals surface area contributed by atoms with Crippen LogP contribution in [-0.2, 0) is 5.75 Å². The SMILES string of the molecule is CC(CCO)SCc1cc([N+](=O)[O-])ccc1NN. The molecule has 0 fully saturated rings. The molecule has 4 N–H and O–H groups in total. The normalized spacial score (nSPS) is 12.2. The molecule has 1 aromatic carbocycles. The summed E-state index contributed by atoms with van der Waals surface area (Å²) in [5, 5.41) is 19.8. The Kier molecular flexibility index (Phi) is 5.90. The molecule has 1 aromatic rings. The average molecular weight is 271 g/mol. The molecule has 0 bridgehead atoms. The number of nitrogens with zero attached hydrogens (tertiary/aromatic N) is 1. The molecule has 100 valence electrons. The Morgan fingerprint density at radius 2 is 2.33 bits per heavy atom. The van der Waals surface area contributed by atoms with Crippen LogP contribution in [0.15, 0.2) is 18.2 Å². The molecule has 1 atom stereocenters.